The molecule has 1 aromatic carbocycles. The largest absolute Gasteiger partial charge is 0.493 e. The van der Waals surface area contributed by atoms with Crippen molar-refractivity contribution in [3.8, 4) is 11.5 Å². The van der Waals surface area contributed by atoms with Crippen LogP contribution >= 0.6 is 0 Å². The number of benzene rings is 1. The molecule has 0 bridgehead atoms. The first-order valence-electron chi connectivity index (χ1n) is 9.33. The van der Waals surface area contributed by atoms with E-state index in [4.69, 9.17) is 9.47 Å². The number of likely N-dealkylation sites (tertiary alicyclic amines) is 1. The number of hydrogen-bond acceptors (Lipinski definition) is 5. The van der Waals surface area contributed by atoms with Gasteiger partial charge in [0.2, 0.25) is 0 Å². The lowest BCUT2D eigenvalue weighted by molar-refractivity contribution is -0.143. The van der Waals surface area contributed by atoms with E-state index in [1.165, 1.54) is 0 Å². The third-order valence-electron chi connectivity index (χ3n) is 4.98. The van der Waals surface area contributed by atoms with Gasteiger partial charge < -0.3 is 14.6 Å². The monoisotopic (exact) mass is 370 g/mol. The van der Waals surface area contributed by atoms with E-state index in [9.17, 15) is 9.90 Å². The van der Waals surface area contributed by atoms with Crippen LogP contribution in [0.1, 0.15) is 37.1 Å². The minimum absolute atomic E-state index is 0.0892. The SMILES string of the molecule is CCOc1cc([C@H](Cc2ccccn2)N2CCC[C@H]2C(=O)O)ccc1OC. The van der Waals surface area contributed by atoms with E-state index < -0.39 is 12.0 Å². The van der Waals surface area contributed by atoms with Gasteiger partial charge in [-0.3, -0.25) is 14.7 Å². The summed E-state index contributed by atoms with van der Waals surface area (Å²) in [5.41, 5.74) is 1.95. The molecule has 1 saturated heterocycles. The van der Waals surface area contributed by atoms with Crippen LogP contribution in [0.3, 0.4) is 0 Å². The molecule has 27 heavy (non-hydrogen) atoms. The predicted octanol–water partition coefficient (Wildman–Crippen LogP) is 3.32. The number of carboxylic acid groups (broad SMARTS) is 1. The highest BCUT2D eigenvalue weighted by Crippen LogP contribution is 2.36. The maximum atomic E-state index is 11.8. The van der Waals surface area contributed by atoms with Gasteiger partial charge in [-0.15, -0.1) is 0 Å². The number of aromatic nitrogens is 1. The molecular weight excluding hydrogens is 344 g/mol. The highest BCUT2D eigenvalue weighted by Gasteiger charge is 2.36. The van der Waals surface area contributed by atoms with E-state index in [-0.39, 0.29) is 6.04 Å². The standard InChI is InChI=1S/C21H26N2O4/c1-3-27-20-13-15(9-10-19(20)26-2)18(14-16-7-4-5-11-22-16)23-12-6-8-17(23)21(24)25/h4-5,7,9-11,13,17-18H,3,6,8,12,14H2,1-2H3,(H,24,25)/t17-,18-/m0/s1. The van der Waals surface area contributed by atoms with Crippen LogP contribution in [-0.2, 0) is 11.2 Å². The molecule has 2 atom stereocenters. The summed E-state index contributed by atoms with van der Waals surface area (Å²) in [6.07, 6.45) is 3.96. The number of pyridine rings is 1. The number of carbonyl (C=O) groups is 1. The number of aliphatic carboxylic acids is 1. The summed E-state index contributed by atoms with van der Waals surface area (Å²) >= 11 is 0. The Morgan fingerprint density at radius 2 is 2.19 bits per heavy atom. The molecule has 1 fully saturated rings. The lowest BCUT2D eigenvalue weighted by Gasteiger charge is -2.32. The summed E-state index contributed by atoms with van der Waals surface area (Å²) in [5, 5.41) is 9.66. The zero-order valence-corrected chi connectivity index (χ0v) is 15.8. The van der Waals surface area contributed by atoms with Crippen molar-refractivity contribution in [1.29, 1.82) is 0 Å². The van der Waals surface area contributed by atoms with Crippen molar-refractivity contribution < 1.29 is 19.4 Å². The number of methoxy groups -OCH3 is 1. The van der Waals surface area contributed by atoms with Gasteiger partial charge in [0.15, 0.2) is 11.5 Å². The van der Waals surface area contributed by atoms with Crippen LogP contribution in [0.15, 0.2) is 42.6 Å². The van der Waals surface area contributed by atoms with Crippen molar-refractivity contribution in [2.24, 2.45) is 0 Å². The Hall–Kier alpha value is -2.60. The van der Waals surface area contributed by atoms with Gasteiger partial charge in [0.25, 0.3) is 0 Å². The molecule has 0 spiro atoms. The Morgan fingerprint density at radius 1 is 1.33 bits per heavy atom. The maximum Gasteiger partial charge on any atom is 0.320 e. The molecule has 3 rings (SSSR count). The van der Waals surface area contributed by atoms with Crippen molar-refractivity contribution in [2.45, 2.75) is 38.3 Å². The summed E-state index contributed by atoms with van der Waals surface area (Å²) in [7, 11) is 1.61. The van der Waals surface area contributed by atoms with E-state index in [1.54, 1.807) is 13.3 Å². The maximum absolute atomic E-state index is 11.8. The predicted molar refractivity (Wildman–Crippen MR) is 102 cm³/mol. The molecule has 1 aliphatic rings. The van der Waals surface area contributed by atoms with Crippen LogP contribution in [0.2, 0.25) is 0 Å². The average Bonchev–Trinajstić information content (AvgIpc) is 3.17. The topological polar surface area (TPSA) is 71.9 Å². The van der Waals surface area contributed by atoms with Crippen molar-refractivity contribution in [2.75, 3.05) is 20.3 Å². The van der Waals surface area contributed by atoms with E-state index in [2.05, 4.69) is 9.88 Å². The van der Waals surface area contributed by atoms with Gasteiger partial charge in [-0.1, -0.05) is 12.1 Å². The quantitative estimate of drug-likeness (QED) is 0.769. The van der Waals surface area contributed by atoms with Crippen LogP contribution in [0, 0.1) is 0 Å². The zero-order valence-electron chi connectivity index (χ0n) is 15.8. The molecule has 1 aromatic heterocycles. The summed E-state index contributed by atoms with van der Waals surface area (Å²) in [5.74, 6) is 0.583. The van der Waals surface area contributed by atoms with Crippen LogP contribution in [0.4, 0.5) is 0 Å². The molecule has 6 heteroatoms. The Balaban J connectivity index is 1.98. The average molecular weight is 370 g/mol. The smallest absolute Gasteiger partial charge is 0.320 e. The molecule has 0 saturated carbocycles. The normalized spacial score (nSPS) is 18.2. The van der Waals surface area contributed by atoms with Crippen LogP contribution < -0.4 is 9.47 Å². The molecule has 2 heterocycles. The van der Waals surface area contributed by atoms with Gasteiger partial charge in [0.05, 0.1) is 13.7 Å². The summed E-state index contributed by atoms with van der Waals surface area (Å²) in [4.78, 5) is 18.3. The highest BCUT2D eigenvalue weighted by molar-refractivity contribution is 5.74. The molecule has 0 amide bonds. The minimum Gasteiger partial charge on any atom is -0.493 e. The van der Waals surface area contributed by atoms with Crippen LogP contribution in [0.25, 0.3) is 0 Å². The molecule has 2 aromatic rings. The van der Waals surface area contributed by atoms with E-state index in [0.29, 0.717) is 30.9 Å². The van der Waals surface area contributed by atoms with Crippen LogP contribution in [-0.4, -0.2) is 47.3 Å². The Labute approximate surface area is 159 Å². The number of ether oxygens (including phenoxy) is 2. The Morgan fingerprint density at radius 3 is 2.85 bits per heavy atom. The summed E-state index contributed by atoms with van der Waals surface area (Å²) < 4.78 is 11.1. The number of nitrogens with zero attached hydrogens (tertiary/aromatic N) is 2. The molecule has 0 aliphatic carbocycles. The second-order valence-corrected chi connectivity index (χ2v) is 6.62. The van der Waals surface area contributed by atoms with Gasteiger partial charge in [0.1, 0.15) is 6.04 Å². The van der Waals surface area contributed by atoms with Crippen molar-refractivity contribution in [1.82, 2.24) is 9.88 Å². The number of carboxylic acids is 1. The molecule has 1 aliphatic heterocycles. The fourth-order valence-corrected chi connectivity index (χ4v) is 3.74. The van der Waals surface area contributed by atoms with Gasteiger partial charge in [-0.25, -0.2) is 0 Å². The van der Waals surface area contributed by atoms with Gasteiger partial charge >= 0.3 is 5.97 Å². The fourth-order valence-electron chi connectivity index (χ4n) is 3.74. The lowest BCUT2D eigenvalue weighted by atomic mass is 9.98. The fraction of sp³-hybridized carbons (Fsp3) is 0.429. The minimum atomic E-state index is -0.767. The summed E-state index contributed by atoms with van der Waals surface area (Å²) in [6.45, 7) is 3.22. The van der Waals surface area contributed by atoms with Gasteiger partial charge in [-0.2, -0.15) is 0 Å². The summed E-state index contributed by atoms with van der Waals surface area (Å²) in [6, 6.07) is 11.1. The molecule has 1 N–H and O–H groups in total. The molecule has 0 radical (unpaired) electrons. The van der Waals surface area contributed by atoms with Crippen molar-refractivity contribution in [3.05, 3.63) is 53.9 Å². The van der Waals surface area contributed by atoms with Gasteiger partial charge in [-0.05, 0) is 56.1 Å². The third kappa shape index (κ3) is 4.39. The van der Waals surface area contributed by atoms with Crippen molar-refractivity contribution >= 4 is 5.97 Å². The molecular formula is C21H26N2O4. The zero-order chi connectivity index (χ0) is 19.2. The Bertz CT molecular complexity index is 766. The second kappa shape index (κ2) is 8.86. The first-order chi connectivity index (χ1) is 13.1. The molecule has 6 nitrogen and oxygen atoms in total. The number of rotatable bonds is 8. The van der Waals surface area contributed by atoms with Gasteiger partial charge in [0, 0.05) is 24.4 Å². The van der Waals surface area contributed by atoms with Crippen molar-refractivity contribution in [3.63, 3.8) is 0 Å². The van der Waals surface area contributed by atoms with E-state index >= 15 is 0 Å². The third-order valence-corrected chi connectivity index (χ3v) is 4.98. The second-order valence-electron chi connectivity index (χ2n) is 6.62. The molecule has 0 unspecified atom stereocenters. The van der Waals surface area contributed by atoms with E-state index in [0.717, 1.165) is 24.2 Å². The Kier molecular flexibility index (Phi) is 6.29. The lowest BCUT2D eigenvalue weighted by Crippen LogP contribution is -2.39. The van der Waals surface area contributed by atoms with E-state index in [1.807, 2.05) is 43.3 Å². The first-order valence-corrected chi connectivity index (χ1v) is 9.33. The highest BCUT2D eigenvalue weighted by atomic mass is 16.5. The molecule has 144 valence electrons. The first kappa shape index (κ1) is 19.2. The number of hydrogen-bond donors (Lipinski definition) is 1. The van der Waals surface area contributed by atoms with Crippen LogP contribution in [0.5, 0.6) is 11.5 Å².